The monoisotopic (exact) mass is 268 g/mol. The molecule has 1 heterocycles. The van der Waals surface area contributed by atoms with Crippen LogP contribution in [0.4, 0.5) is 0 Å². The molecule has 0 saturated carbocycles. The highest BCUT2D eigenvalue weighted by Crippen LogP contribution is 2.27. The summed E-state index contributed by atoms with van der Waals surface area (Å²) in [6.07, 6.45) is 3.29. The SMILES string of the molecule is CCn1cc(-c2ccc(Cl)c(Cl)c2)cnc1=O. The molecule has 2 aromatic rings. The topological polar surface area (TPSA) is 34.9 Å². The van der Waals surface area contributed by atoms with Crippen molar-refractivity contribution in [2.75, 3.05) is 0 Å². The molecule has 0 aliphatic rings. The number of rotatable bonds is 2. The molecule has 0 amide bonds. The molecule has 0 unspecified atom stereocenters. The second-order valence-corrected chi connectivity index (χ2v) is 4.35. The molecule has 3 nitrogen and oxygen atoms in total. The molecular weight excluding hydrogens is 259 g/mol. The van der Waals surface area contributed by atoms with Gasteiger partial charge < -0.3 is 0 Å². The minimum atomic E-state index is -0.253. The van der Waals surface area contributed by atoms with Crippen molar-refractivity contribution in [3.8, 4) is 11.1 Å². The van der Waals surface area contributed by atoms with Crippen molar-refractivity contribution in [3.63, 3.8) is 0 Å². The first-order valence-corrected chi connectivity index (χ1v) is 5.89. The third-order valence-corrected chi connectivity index (χ3v) is 3.19. The molecule has 1 aromatic heterocycles. The molecule has 0 aliphatic heterocycles. The average molecular weight is 269 g/mol. The molecule has 0 bridgehead atoms. The molecule has 5 heteroatoms. The van der Waals surface area contributed by atoms with E-state index in [0.29, 0.717) is 16.6 Å². The van der Waals surface area contributed by atoms with Gasteiger partial charge in [0.25, 0.3) is 0 Å². The lowest BCUT2D eigenvalue weighted by atomic mass is 10.1. The van der Waals surface area contributed by atoms with Gasteiger partial charge in [-0.05, 0) is 24.6 Å². The summed E-state index contributed by atoms with van der Waals surface area (Å²) in [6, 6.07) is 5.32. The van der Waals surface area contributed by atoms with Crippen molar-refractivity contribution in [1.82, 2.24) is 9.55 Å². The van der Waals surface area contributed by atoms with E-state index < -0.39 is 0 Å². The Balaban J connectivity index is 2.53. The number of halogens is 2. The number of aryl methyl sites for hydroxylation is 1. The van der Waals surface area contributed by atoms with Gasteiger partial charge in [0.05, 0.1) is 10.0 Å². The van der Waals surface area contributed by atoms with Crippen LogP contribution in [0.2, 0.25) is 10.0 Å². The number of hydrogen-bond acceptors (Lipinski definition) is 2. The summed E-state index contributed by atoms with van der Waals surface area (Å²) in [6.45, 7) is 2.47. The summed E-state index contributed by atoms with van der Waals surface area (Å²) >= 11 is 11.8. The van der Waals surface area contributed by atoms with Crippen LogP contribution in [0.25, 0.3) is 11.1 Å². The Morgan fingerprint density at radius 2 is 2.00 bits per heavy atom. The van der Waals surface area contributed by atoms with Crippen LogP contribution in [0, 0.1) is 0 Å². The Morgan fingerprint density at radius 3 is 2.65 bits per heavy atom. The molecule has 2 rings (SSSR count). The van der Waals surface area contributed by atoms with Crippen molar-refractivity contribution >= 4 is 23.2 Å². The van der Waals surface area contributed by atoms with E-state index in [1.54, 1.807) is 18.3 Å². The lowest BCUT2D eigenvalue weighted by molar-refractivity contribution is 0.700. The Morgan fingerprint density at radius 1 is 1.24 bits per heavy atom. The third kappa shape index (κ3) is 2.51. The van der Waals surface area contributed by atoms with Gasteiger partial charge in [-0.25, -0.2) is 9.78 Å². The summed E-state index contributed by atoms with van der Waals surface area (Å²) in [7, 11) is 0. The number of hydrogen-bond donors (Lipinski definition) is 0. The van der Waals surface area contributed by atoms with E-state index in [0.717, 1.165) is 11.1 Å². The second-order valence-electron chi connectivity index (χ2n) is 3.54. The van der Waals surface area contributed by atoms with Crippen molar-refractivity contribution in [2.24, 2.45) is 0 Å². The number of nitrogens with zero attached hydrogens (tertiary/aromatic N) is 2. The second kappa shape index (κ2) is 4.90. The van der Waals surface area contributed by atoms with Gasteiger partial charge in [-0.15, -0.1) is 0 Å². The lowest BCUT2D eigenvalue weighted by Gasteiger charge is -2.06. The van der Waals surface area contributed by atoms with Crippen molar-refractivity contribution in [1.29, 1.82) is 0 Å². The summed E-state index contributed by atoms with van der Waals surface area (Å²) < 4.78 is 1.54. The highest BCUT2D eigenvalue weighted by molar-refractivity contribution is 6.42. The highest BCUT2D eigenvalue weighted by Gasteiger charge is 2.04. The predicted molar refractivity (Wildman–Crippen MR) is 69.6 cm³/mol. The Hall–Kier alpha value is -1.32. The molecule has 0 N–H and O–H groups in total. The first kappa shape index (κ1) is 12.1. The van der Waals surface area contributed by atoms with E-state index in [1.807, 2.05) is 13.0 Å². The van der Waals surface area contributed by atoms with Crippen molar-refractivity contribution < 1.29 is 0 Å². The van der Waals surface area contributed by atoms with E-state index in [-0.39, 0.29) is 5.69 Å². The zero-order valence-electron chi connectivity index (χ0n) is 9.15. The minimum Gasteiger partial charge on any atom is -0.299 e. The molecular formula is C12H10Cl2N2O. The molecule has 0 atom stereocenters. The molecule has 0 fully saturated rings. The van der Waals surface area contributed by atoms with Gasteiger partial charge in [0, 0.05) is 24.5 Å². The van der Waals surface area contributed by atoms with Gasteiger partial charge in [0.15, 0.2) is 0 Å². The first-order valence-electron chi connectivity index (χ1n) is 5.13. The summed E-state index contributed by atoms with van der Waals surface area (Å²) in [5, 5.41) is 0.991. The molecule has 17 heavy (non-hydrogen) atoms. The van der Waals surface area contributed by atoms with Crippen LogP contribution in [-0.2, 0) is 6.54 Å². The Bertz CT molecular complexity index is 608. The lowest BCUT2D eigenvalue weighted by Crippen LogP contribution is -2.21. The third-order valence-electron chi connectivity index (χ3n) is 2.45. The molecule has 1 aromatic carbocycles. The van der Waals surface area contributed by atoms with Crippen LogP contribution in [0.5, 0.6) is 0 Å². The van der Waals surface area contributed by atoms with E-state index in [4.69, 9.17) is 23.2 Å². The minimum absolute atomic E-state index is 0.253. The van der Waals surface area contributed by atoms with Crippen LogP contribution in [-0.4, -0.2) is 9.55 Å². The summed E-state index contributed by atoms with van der Waals surface area (Å²) in [4.78, 5) is 15.2. The van der Waals surface area contributed by atoms with E-state index in [1.165, 1.54) is 10.8 Å². The summed E-state index contributed by atoms with van der Waals surface area (Å²) in [5.74, 6) is 0. The van der Waals surface area contributed by atoms with Crippen LogP contribution < -0.4 is 5.69 Å². The fraction of sp³-hybridized carbons (Fsp3) is 0.167. The maximum absolute atomic E-state index is 11.4. The fourth-order valence-corrected chi connectivity index (χ4v) is 1.80. The van der Waals surface area contributed by atoms with Gasteiger partial charge in [-0.3, -0.25) is 4.57 Å². The molecule has 0 saturated heterocycles. The zero-order chi connectivity index (χ0) is 12.4. The van der Waals surface area contributed by atoms with E-state index in [2.05, 4.69) is 4.98 Å². The van der Waals surface area contributed by atoms with Crippen molar-refractivity contribution in [2.45, 2.75) is 13.5 Å². The van der Waals surface area contributed by atoms with Crippen LogP contribution in [0.3, 0.4) is 0 Å². The quantitative estimate of drug-likeness (QED) is 0.838. The summed E-state index contributed by atoms with van der Waals surface area (Å²) in [5.41, 5.74) is 1.47. The molecule has 0 aliphatic carbocycles. The standard InChI is InChI=1S/C12H10Cl2N2O/c1-2-16-7-9(6-15-12(16)17)8-3-4-10(13)11(14)5-8/h3-7H,2H2,1H3. The Kier molecular flexibility index (Phi) is 3.50. The Labute approximate surface area is 109 Å². The maximum Gasteiger partial charge on any atom is 0.347 e. The first-order chi connectivity index (χ1) is 8.11. The van der Waals surface area contributed by atoms with E-state index in [9.17, 15) is 4.79 Å². The highest BCUT2D eigenvalue weighted by atomic mass is 35.5. The normalized spacial score (nSPS) is 10.5. The van der Waals surface area contributed by atoms with Gasteiger partial charge >= 0.3 is 5.69 Å². The van der Waals surface area contributed by atoms with Gasteiger partial charge in [-0.2, -0.15) is 0 Å². The van der Waals surface area contributed by atoms with Crippen LogP contribution in [0.1, 0.15) is 6.92 Å². The number of aromatic nitrogens is 2. The maximum atomic E-state index is 11.4. The van der Waals surface area contributed by atoms with Crippen molar-refractivity contribution in [3.05, 3.63) is 51.1 Å². The van der Waals surface area contributed by atoms with Gasteiger partial charge in [0.1, 0.15) is 0 Å². The zero-order valence-corrected chi connectivity index (χ0v) is 10.7. The molecule has 0 radical (unpaired) electrons. The predicted octanol–water partition coefficient (Wildman–Crippen LogP) is 3.24. The average Bonchev–Trinajstić information content (AvgIpc) is 2.33. The van der Waals surface area contributed by atoms with Gasteiger partial charge in [-0.1, -0.05) is 29.3 Å². The van der Waals surface area contributed by atoms with Crippen LogP contribution >= 0.6 is 23.2 Å². The smallest absolute Gasteiger partial charge is 0.299 e. The largest absolute Gasteiger partial charge is 0.347 e. The van der Waals surface area contributed by atoms with Crippen LogP contribution in [0.15, 0.2) is 35.4 Å². The van der Waals surface area contributed by atoms with Gasteiger partial charge in [0.2, 0.25) is 0 Å². The molecule has 0 spiro atoms. The number of benzene rings is 1. The van der Waals surface area contributed by atoms with E-state index >= 15 is 0 Å². The fourth-order valence-electron chi connectivity index (χ4n) is 1.51. The molecule has 88 valence electrons.